The fraction of sp³-hybridized carbons (Fsp3) is 0.316. The standard InChI is InChI=1S/C19H20N2OS/c1-14-10-19(21-7-2-3-8-21)17-5-4-16(11-18(17)20-14)22-12-15-6-9-23-13-15/h4-6,9-11,13H,2-3,7-8,12H2,1H3. The molecular weight excluding hydrogens is 304 g/mol. The van der Waals surface area contributed by atoms with Crippen LogP contribution in [0.2, 0.25) is 0 Å². The van der Waals surface area contributed by atoms with E-state index in [4.69, 9.17) is 9.72 Å². The monoisotopic (exact) mass is 324 g/mol. The normalized spacial score (nSPS) is 14.6. The minimum atomic E-state index is 0.611. The highest BCUT2D eigenvalue weighted by molar-refractivity contribution is 7.07. The van der Waals surface area contributed by atoms with Gasteiger partial charge in [-0.25, -0.2) is 0 Å². The van der Waals surface area contributed by atoms with Gasteiger partial charge in [0.15, 0.2) is 0 Å². The maximum Gasteiger partial charge on any atom is 0.122 e. The molecular formula is C19H20N2OS. The van der Waals surface area contributed by atoms with E-state index in [1.54, 1.807) is 11.3 Å². The fourth-order valence-corrected chi connectivity index (χ4v) is 3.82. The molecule has 3 nitrogen and oxygen atoms in total. The molecule has 0 unspecified atom stereocenters. The first kappa shape index (κ1) is 14.5. The Bertz CT molecular complexity index is 808. The summed E-state index contributed by atoms with van der Waals surface area (Å²) in [5.74, 6) is 0.883. The molecule has 0 aliphatic carbocycles. The highest BCUT2D eigenvalue weighted by Crippen LogP contribution is 2.31. The summed E-state index contributed by atoms with van der Waals surface area (Å²) in [4.78, 5) is 7.18. The number of nitrogens with zero attached hydrogens (tertiary/aromatic N) is 2. The number of thiophene rings is 1. The van der Waals surface area contributed by atoms with Crippen LogP contribution in [0.5, 0.6) is 5.75 Å². The Hall–Kier alpha value is -2.07. The number of anilines is 1. The summed E-state index contributed by atoms with van der Waals surface area (Å²) in [6, 6.07) is 10.6. The molecule has 1 aliphatic rings. The average molecular weight is 324 g/mol. The van der Waals surface area contributed by atoms with Crippen molar-refractivity contribution in [2.45, 2.75) is 26.4 Å². The SMILES string of the molecule is Cc1cc(N2CCCC2)c2ccc(OCc3ccsc3)cc2n1. The van der Waals surface area contributed by atoms with Crippen LogP contribution in [-0.2, 0) is 6.61 Å². The Morgan fingerprint density at radius 2 is 2.04 bits per heavy atom. The third-order valence-corrected chi connectivity index (χ3v) is 5.05. The van der Waals surface area contributed by atoms with E-state index in [0.717, 1.165) is 30.0 Å². The molecule has 4 heteroatoms. The van der Waals surface area contributed by atoms with Gasteiger partial charge in [-0.15, -0.1) is 0 Å². The number of aromatic nitrogens is 1. The van der Waals surface area contributed by atoms with Crippen LogP contribution in [-0.4, -0.2) is 18.1 Å². The number of rotatable bonds is 4. The maximum atomic E-state index is 5.92. The van der Waals surface area contributed by atoms with Gasteiger partial charge in [0, 0.05) is 35.9 Å². The number of hydrogen-bond donors (Lipinski definition) is 0. The van der Waals surface area contributed by atoms with E-state index in [1.165, 1.54) is 29.5 Å². The molecule has 0 saturated carbocycles. The van der Waals surface area contributed by atoms with Crippen LogP contribution in [0, 0.1) is 6.92 Å². The number of aryl methyl sites for hydroxylation is 1. The van der Waals surface area contributed by atoms with Crippen LogP contribution in [0.25, 0.3) is 10.9 Å². The van der Waals surface area contributed by atoms with Crippen molar-refractivity contribution in [3.8, 4) is 5.75 Å². The highest BCUT2D eigenvalue weighted by atomic mass is 32.1. The zero-order valence-corrected chi connectivity index (χ0v) is 14.1. The molecule has 3 heterocycles. The second-order valence-electron chi connectivity index (χ2n) is 6.08. The van der Waals surface area contributed by atoms with Gasteiger partial charge in [0.25, 0.3) is 0 Å². The van der Waals surface area contributed by atoms with Crippen LogP contribution in [0.1, 0.15) is 24.1 Å². The van der Waals surface area contributed by atoms with Gasteiger partial charge in [0.2, 0.25) is 0 Å². The van der Waals surface area contributed by atoms with Gasteiger partial charge in [-0.2, -0.15) is 11.3 Å². The summed E-state index contributed by atoms with van der Waals surface area (Å²) >= 11 is 1.70. The summed E-state index contributed by atoms with van der Waals surface area (Å²) in [6.07, 6.45) is 2.56. The molecule has 1 aliphatic heterocycles. The second-order valence-corrected chi connectivity index (χ2v) is 6.86. The van der Waals surface area contributed by atoms with E-state index in [9.17, 15) is 0 Å². The molecule has 4 rings (SSSR count). The molecule has 0 amide bonds. The lowest BCUT2D eigenvalue weighted by Crippen LogP contribution is -2.18. The lowest BCUT2D eigenvalue weighted by Gasteiger charge is -2.20. The lowest BCUT2D eigenvalue weighted by molar-refractivity contribution is 0.307. The third kappa shape index (κ3) is 3.04. The third-order valence-electron chi connectivity index (χ3n) is 4.32. The fourth-order valence-electron chi connectivity index (χ4n) is 3.17. The van der Waals surface area contributed by atoms with Gasteiger partial charge in [0.05, 0.1) is 5.52 Å². The molecule has 2 aromatic heterocycles. The predicted octanol–water partition coefficient (Wildman–Crippen LogP) is 4.78. The number of hydrogen-bond acceptors (Lipinski definition) is 4. The first-order valence-corrected chi connectivity index (χ1v) is 9.04. The van der Waals surface area contributed by atoms with E-state index >= 15 is 0 Å². The number of ether oxygens (including phenoxy) is 1. The van der Waals surface area contributed by atoms with Crippen LogP contribution in [0.4, 0.5) is 5.69 Å². The summed E-state index contributed by atoms with van der Waals surface area (Å²) in [6.45, 7) is 4.97. The van der Waals surface area contributed by atoms with Crippen LogP contribution >= 0.6 is 11.3 Å². The summed E-state index contributed by atoms with van der Waals surface area (Å²) in [7, 11) is 0. The van der Waals surface area contributed by atoms with Crippen LogP contribution in [0.15, 0.2) is 41.1 Å². The minimum Gasteiger partial charge on any atom is -0.489 e. The Morgan fingerprint density at radius 3 is 2.83 bits per heavy atom. The van der Waals surface area contributed by atoms with Crippen molar-refractivity contribution in [3.63, 3.8) is 0 Å². The summed E-state index contributed by atoms with van der Waals surface area (Å²) in [5, 5.41) is 5.42. The molecule has 0 N–H and O–H groups in total. The van der Waals surface area contributed by atoms with Crippen LogP contribution in [0.3, 0.4) is 0 Å². The van der Waals surface area contributed by atoms with Crippen LogP contribution < -0.4 is 9.64 Å². The first-order valence-electron chi connectivity index (χ1n) is 8.10. The number of benzene rings is 1. The van der Waals surface area contributed by atoms with Gasteiger partial charge in [0.1, 0.15) is 12.4 Å². The second kappa shape index (κ2) is 6.20. The Kier molecular flexibility index (Phi) is 3.92. The molecule has 118 valence electrons. The number of pyridine rings is 1. The molecule has 0 spiro atoms. The topological polar surface area (TPSA) is 25.4 Å². The quantitative estimate of drug-likeness (QED) is 0.690. The van der Waals surface area contributed by atoms with E-state index in [0.29, 0.717) is 6.61 Å². The van der Waals surface area contributed by atoms with E-state index in [1.807, 2.05) is 0 Å². The molecule has 1 fully saturated rings. The zero-order chi connectivity index (χ0) is 15.6. The average Bonchev–Trinajstić information content (AvgIpc) is 3.25. The van der Waals surface area contributed by atoms with E-state index in [-0.39, 0.29) is 0 Å². The minimum absolute atomic E-state index is 0.611. The van der Waals surface area contributed by atoms with Gasteiger partial charge in [-0.05, 0) is 60.4 Å². The smallest absolute Gasteiger partial charge is 0.122 e. The Balaban J connectivity index is 1.65. The van der Waals surface area contributed by atoms with Crippen molar-refractivity contribution in [2.24, 2.45) is 0 Å². The van der Waals surface area contributed by atoms with Crippen molar-refractivity contribution in [1.29, 1.82) is 0 Å². The summed E-state index contributed by atoms with van der Waals surface area (Å²) < 4.78 is 5.92. The molecule has 0 bridgehead atoms. The molecule has 0 radical (unpaired) electrons. The lowest BCUT2D eigenvalue weighted by atomic mass is 10.1. The van der Waals surface area contributed by atoms with Crippen molar-refractivity contribution >= 4 is 27.9 Å². The van der Waals surface area contributed by atoms with Crippen molar-refractivity contribution < 1.29 is 4.74 Å². The zero-order valence-electron chi connectivity index (χ0n) is 13.3. The van der Waals surface area contributed by atoms with Gasteiger partial charge < -0.3 is 9.64 Å². The predicted molar refractivity (Wildman–Crippen MR) is 96.6 cm³/mol. The molecule has 23 heavy (non-hydrogen) atoms. The molecule has 1 saturated heterocycles. The Morgan fingerprint density at radius 1 is 1.17 bits per heavy atom. The van der Waals surface area contributed by atoms with Gasteiger partial charge >= 0.3 is 0 Å². The Labute approximate surface area is 140 Å². The van der Waals surface area contributed by atoms with Crippen molar-refractivity contribution in [1.82, 2.24) is 4.98 Å². The van der Waals surface area contributed by atoms with E-state index in [2.05, 4.69) is 52.9 Å². The summed E-state index contributed by atoms with van der Waals surface area (Å²) in [5.41, 5.74) is 4.61. The molecule has 0 atom stereocenters. The van der Waals surface area contributed by atoms with Crippen molar-refractivity contribution in [3.05, 3.63) is 52.3 Å². The van der Waals surface area contributed by atoms with Gasteiger partial charge in [-0.1, -0.05) is 0 Å². The maximum absolute atomic E-state index is 5.92. The highest BCUT2D eigenvalue weighted by Gasteiger charge is 2.16. The number of fused-ring (bicyclic) bond motifs is 1. The first-order chi connectivity index (χ1) is 11.3. The van der Waals surface area contributed by atoms with Gasteiger partial charge in [-0.3, -0.25) is 4.98 Å². The largest absolute Gasteiger partial charge is 0.489 e. The van der Waals surface area contributed by atoms with E-state index < -0.39 is 0 Å². The molecule has 1 aromatic carbocycles. The molecule has 3 aromatic rings. The van der Waals surface area contributed by atoms with Crippen molar-refractivity contribution in [2.75, 3.05) is 18.0 Å².